The maximum Gasteiger partial charge on any atom is 0.318 e. The van der Waals surface area contributed by atoms with Gasteiger partial charge >= 0.3 is 12.0 Å². The van der Waals surface area contributed by atoms with Gasteiger partial charge in [-0.2, -0.15) is 11.8 Å². The van der Waals surface area contributed by atoms with E-state index >= 15 is 0 Å². The number of carboxylic acid groups (broad SMARTS) is 1. The van der Waals surface area contributed by atoms with Gasteiger partial charge in [0, 0.05) is 27.8 Å². The molecular formula is C14H20N2O3S2. The van der Waals surface area contributed by atoms with Gasteiger partial charge in [-0.25, -0.2) is 4.79 Å². The van der Waals surface area contributed by atoms with Crippen molar-refractivity contribution in [3.05, 3.63) is 21.9 Å². The van der Waals surface area contributed by atoms with Gasteiger partial charge in [0.2, 0.25) is 0 Å². The van der Waals surface area contributed by atoms with Gasteiger partial charge in [-0.1, -0.05) is 0 Å². The molecule has 1 aromatic heterocycles. The predicted octanol–water partition coefficient (Wildman–Crippen LogP) is 2.72. The SMILES string of the molecule is Cc1ccc(C(C)NC(=O)N2CCSCC2CC(=O)O)s1. The van der Waals surface area contributed by atoms with E-state index in [1.807, 2.05) is 26.0 Å². The van der Waals surface area contributed by atoms with Gasteiger partial charge in [-0.05, 0) is 26.0 Å². The molecule has 2 heterocycles. The Bertz CT molecular complexity index is 518. The molecule has 1 aliphatic rings. The van der Waals surface area contributed by atoms with Crippen molar-refractivity contribution in [2.45, 2.75) is 32.4 Å². The fourth-order valence-electron chi connectivity index (χ4n) is 2.32. The van der Waals surface area contributed by atoms with Crippen LogP contribution in [0.5, 0.6) is 0 Å². The number of thioether (sulfide) groups is 1. The third kappa shape index (κ3) is 4.38. The predicted molar refractivity (Wildman–Crippen MR) is 86.1 cm³/mol. The van der Waals surface area contributed by atoms with Crippen molar-refractivity contribution in [2.75, 3.05) is 18.1 Å². The fourth-order valence-corrected chi connectivity index (χ4v) is 4.26. The number of aliphatic carboxylic acids is 1. The van der Waals surface area contributed by atoms with Crippen LogP contribution in [0, 0.1) is 6.92 Å². The zero-order valence-corrected chi connectivity index (χ0v) is 13.8. The Hall–Kier alpha value is -1.21. The molecule has 21 heavy (non-hydrogen) atoms. The van der Waals surface area contributed by atoms with Gasteiger partial charge in [-0.15, -0.1) is 11.3 Å². The molecule has 0 bridgehead atoms. The Morgan fingerprint density at radius 2 is 2.29 bits per heavy atom. The molecule has 0 saturated carbocycles. The third-order valence-electron chi connectivity index (χ3n) is 3.43. The first kappa shape index (κ1) is 16.2. The quantitative estimate of drug-likeness (QED) is 0.891. The second kappa shape index (κ2) is 7.17. The summed E-state index contributed by atoms with van der Waals surface area (Å²) in [7, 11) is 0. The summed E-state index contributed by atoms with van der Waals surface area (Å²) in [5.41, 5.74) is 0. The van der Waals surface area contributed by atoms with Crippen molar-refractivity contribution < 1.29 is 14.7 Å². The minimum Gasteiger partial charge on any atom is -0.481 e. The van der Waals surface area contributed by atoms with Crippen molar-refractivity contribution in [3.8, 4) is 0 Å². The molecule has 116 valence electrons. The molecule has 2 amide bonds. The number of nitrogens with one attached hydrogen (secondary N) is 1. The standard InChI is InChI=1S/C14H20N2O3S2/c1-9-3-4-12(21-9)10(2)15-14(19)16-5-6-20-8-11(16)7-13(17)18/h3-4,10-11H,5-8H2,1-2H3,(H,15,19)(H,17,18). The van der Waals surface area contributed by atoms with Crippen LogP contribution in [-0.2, 0) is 4.79 Å². The Balaban J connectivity index is 1.98. The largest absolute Gasteiger partial charge is 0.481 e. The lowest BCUT2D eigenvalue weighted by Gasteiger charge is -2.35. The van der Waals surface area contributed by atoms with Gasteiger partial charge in [-0.3, -0.25) is 4.79 Å². The van der Waals surface area contributed by atoms with Crippen molar-refractivity contribution in [2.24, 2.45) is 0 Å². The van der Waals surface area contributed by atoms with E-state index in [0.29, 0.717) is 12.3 Å². The van der Waals surface area contributed by atoms with E-state index in [1.54, 1.807) is 28.0 Å². The number of aryl methyl sites for hydroxylation is 1. The lowest BCUT2D eigenvalue weighted by molar-refractivity contribution is -0.137. The lowest BCUT2D eigenvalue weighted by Crippen LogP contribution is -2.51. The summed E-state index contributed by atoms with van der Waals surface area (Å²) in [6.45, 7) is 4.59. The van der Waals surface area contributed by atoms with E-state index in [4.69, 9.17) is 5.11 Å². The minimum atomic E-state index is -0.859. The first-order valence-corrected chi connectivity index (χ1v) is 8.87. The highest BCUT2D eigenvalue weighted by Gasteiger charge is 2.29. The van der Waals surface area contributed by atoms with Crippen LogP contribution in [0.3, 0.4) is 0 Å². The van der Waals surface area contributed by atoms with Gasteiger partial charge in [0.25, 0.3) is 0 Å². The molecule has 2 atom stereocenters. The maximum absolute atomic E-state index is 12.4. The third-order valence-corrected chi connectivity index (χ3v) is 5.70. The van der Waals surface area contributed by atoms with E-state index in [2.05, 4.69) is 5.32 Å². The van der Waals surface area contributed by atoms with E-state index in [-0.39, 0.29) is 24.5 Å². The topological polar surface area (TPSA) is 69.6 Å². The molecule has 1 aromatic rings. The summed E-state index contributed by atoms with van der Waals surface area (Å²) in [4.78, 5) is 27.3. The summed E-state index contributed by atoms with van der Waals surface area (Å²) in [6.07, 6.45) is 0.00686. The second-order valence-corrected chi connectivity index (χ2v) is 7.61. The number of carbonyl (C=O) groups is 2. The second-order valence-electron chi connectivity index (χ2n) is 5.14. The molecule has 5 nitrogen and oxygen atoms in total. The summed E-state index contributed by atoms with van der Waals surface area (Å²) in [5, 5.41) is 11.9. The highest BCUT2D eigenvalue weighted by atomic mass is 32.2. The summed E-state index contributed by atoms with van der Waals surface area (Å²) in [6, 6.07) is 3.61. The normalized spacial score (nSPS) is 20.1. The molecule has 2 rings (SSSR count). The van der Waals surface area contributed by atoms with Gasteiger partial charge in [0.15, 0.2) is 0 Å². The van der Waals surface area contributed by atoms with Crippen LogP contribution in [0.25, 0.3) is 0 Å². The fraction of sp³-hybridized carbons (Fsp3) is 0.571. The van der Waals surface area contributed by atoms with E-state index in [9.17, 15) is 9.59 Å². The molecule has 7 heteroatoms. The molecule has 0 aliphatic carbocycles. The van der Waals surface area contributed by atoms with Crippen molar-refractivity contribution >= 4 is 35.1 Å². The molecule has 2 N–H and O–H groups in total. The van der Waals surface area contributed by atoms with E-state index in [1.165, 1.54) is 4.88 Å². The first-order chi connectivity index (χ1) is 9.97. The summed E-state index contributed by atoms with van der Waals surface area (Å²) >= 11 is 3.37. The average molecular weight is 328 g/mol. The van der Waals surface area contributed by atoms with E-state index < -0.39 is 5.97 Å². The molecule has 0 aromatic carbocycles. The van der Waals surface area contributed by atoms with Crippen molar-refractivity contribution in [3.63, 3.8) is 0 Å². The van der Waals surface area contributed by atoms with Crippen LogP contribution in [-0.4, -0.2) is 46.1 Å². The Morgan fingerprint density at radius 3 is 2.90 bits per heavy atom. The zero-order chi connectivity index (χ0) is 15.4. The molecule has 1 saturated heterocycles. The molecule has 1 fully saturated rings. The molecule has 0 spiro atoms. The number of rotatable bonds is 4. The molecular weight excluding hydrogens is 308 g/mol. The Kier molecular flexibility index (Phi) is 5.52. The number of nitrogens with zero attached hydrogens (tertiary/aromatic N) is 1. The van der Waals surface area contributed by atoms with E-state index in [0.717, 1.165) is 10.6 Å². The van der Waals surface area contributed by atoms with Crippen LogP contribution in [0.1, 0.15) is 29.1 Å². The van der Waals surface area contributed by atoms with Gasteiger partial charge < -0.3 is 15.3 Å². The number of carbonyl (C=O) groups excluding carboxylic acids is 1. The highest BCUT2D eigenvalue weighted by molar-refractivity contribution is 7.99. The summed E-state index contributed by atoms with van der Waals surface area (Å²) < 4.78 is 0. The van der Waals surface area contributed by atoms with Crippen LogP contribution in [0.4, 0.5) is 4.79 Å². The first-order valence-electron chi connectivity index (χ1n) is 6.90. The number of urea groups is 1. The van der Waals surface area contributed by atoms with Crippen molar-refractivity contribution in [1.82, 2.24) is 10.2 Å². The number of hydrogen-bond acceptors (Lipinski definition) is 4. The minimum absolute atomic E-state index is 0.00686. The zero-order valence-electron chi connectivity index (χ0n) is 12.2. The van der Waals surface area contributed by atoms with Crippen molar-refractivity contribution in [1.29, 1.82) is 0 Å². The maximum atomic E-state index is 12.4. The van der Waals surface area contributed by atoms with Gasteiger partial charge in [0.05, 0.1) is 18.5 Å². The van der Waals surface area contributed by atoms with Crippen LogP contribution in [0.2, 0.25) is 0 Å². The Morgan fingerprint density at radius 1 is 1.52 bits per heavy atom. The number of amides is 2. The monoisotopic (exact) mass is 328 g/mol. The average Bonchev–Trinajstić information content (AvgIpc) is 2.85. The smallest absolute Gasteiger partial charge is 0.318 e. The Labute approximate surface area is 132 Å². The van der Waals surface area contributed by atoms with Crippen LogP contribution in [0.15, 0.2) is 12.1 Å². The molecule has 1 aliphatic heterocycles. The number of carboxylic acids is 1. The van der Waals surface area contributed by atoms with Crippen LogP contribution < -0.4 is 5.32 Å². The molecule has 2 unspecified atom stereocenters. The van der Waals surface area contributed by atoms with Crippen LogP contribution >= 0.6 is 23.1 Å². The lowest BCUT2D eigenvalue weighted by atomic mass is 10.2. The number of thiophene rings is 1. The van der Waals surface area contributed by atoms with Gasteiger partial charge in [0.1, 0.15) is 0 Å². The highest BCUT2D eigenvalue weighted by Crippen LogP contribution is 2.24. The summed E-state index contributed by atoms with van der Waals surface area (Å²) in [5.74, 6) is 0.685. The number of hydrogen-bond donors (Lipinski definition) is 2. The molecule has 0 radical (unpaired) electrons.